The second-order valence-corrected chi connectivity index (χ2v) is 20.7. The minimum atomic E-state index is -0.677. The monoisotopic (exact) mass is 964 g/mol. The normalized spacial score (nSPS) is 19.9. The minimum absolute atomic E-state index is 0.0631. The number of alkyl carbamates (subject to hydrolysis) is 2. The molecule has 72 heavy (non-hydrogen) atoms. The van der Waals surface area contributed by atoms with Gasteiger partial charge in [0.15, 0.2) is 0 Å². The maximum Gasteiger partial charge on any atom is 0.407 e. The number of hydrogen-bond donors (Lipinski definition) is 5. The number of carbonyl (C=O) groups is 4. The van der Waals surface area contributed by atoms with Crippen LogP contribution in [0.15, 0.2) is 109 Å². The van der Waals surface area contributed by atoms with Crippen LogP contribution < -0.4 is 16.0 Å². The van der Waals surface area contributed by atoms with Crippen molar-refractivity contribution in [2.45, 2.75) is 90.0 Å². The van der Waals surface area contributed by atoms with E-state index in [0.29, 0.717) is 11.8 Å². The van der Waals surface area contributed by atoms with Crippen LogP contribution in [0.5, 0.6) is 0 Å². The Balaban J connectivity index is 0.741. The molecule has 1 saturated heterocycles. The lowest BCUT2D eigenvalue weighted by Crippen LogP contribution is -2.52. The van der Waals surface area contributed by atoms with Gasteiger partial charge in [-0.15, -0.1) is 0 Å². The van der Waals surface area contributed by atoms with Gasteiger partial charge in [-0.3, -0.25) is 9.59 Å². The Morgan fingerprint density at radius 2 is 1.10 bits per heavy atom. The number of carbonyl (C=O) groups excluding carboxylic acids is 4. The molecule has 5 N–H and O–H groups in total. The summed E-state index contributed by atoms with van der Waals surface area (Å²) >= 11 is 0. The number of likely N-dealkylation sites (tertiary alicyclic amines) is 1. The largest absolute Gasteiger partial charge is 0.453 e. The molecule has 11 rings (SSSR count). The van der Waals surface area contributed by atoms with E-state index in [-0.39, 0.29) is 41.8 Å². The zero-order valence-corrected chi connectivity index (χ0v) is 41.4. The molecule has 0 spiro atoms. The molecular formula is C58H60N8O6. The van der Waals surface area contributed by atoms with Gasteiger partial charge in [0.1, 0.15) is 23.7 Å². The van der Waals surface area contributed by atoms with E-state index in [1.807, 2.05) is 38.7 Å². The number of amides is 4. The average Bonchev–Trinajstić information content (AvgIpc) is 4.15. The van der Waals surface area contributed by atoms with Crippen molar-refractivity contribution in [1.82, 2.24) is 40.8 Å². The first-order valence-corrected chi connectivity index (χ1v) is 25.2. The molecule has 1 aliphatic heterocycles. The van der Waals surface area contributed by atoms with E-state index in [1.54, 1.807) is 0 Å². The fourth-order valence-corrected chi connectivity index (χ4v) is 10.9. The van der Waals surface area contributed by atoms with Crippen LogP contribution >= 0.6 is 0 Å². The number of H-pyrrole nitrogens is 2. The lowest BCUT2D eigenvalue weighted by molar-refractivity contribution is -0.136. The van der Waals surface area contributed by atoms with E-state index in [1.165, 1.54) is 25.0 Å². The second-order valence-electron chi connectivity index (χ2n) is 20.7. The quantitative estimate of drug-likeness (QED) is 0.0713. The molecule has 3 fully saturated rings. The molecule has 3 aliphatic rings. The number of aryl methyl sites for hydroxylation is 1. The van der Waals surface area contributed by atoms with Gasteiger partial charge < -0.3 is 40.3 Å². The molecule has 368 valence electrons. The van der Waals surface area contributed by atoms with Crippen molar-refractivity contribution in [2.75, 3.05) is 14.2 Å². The van der Waals surface area contributed by atoms with Crippen molar-refractivity contribution in [3.8, 4) is 33.4 Å². The van der Waals surface area contributed by atoms with Crippen LogP contribution in [0, 0.1) is 23.7 Å². The summed E-state index contributed by atoms with van der Waals surface area (Å²) in [6.07, 6.45) is 3.22. The highest BCUT2D eigenvalue weighted by Crippen LogP contribution is 2.53. The molecule has 0 radical (unpaired) electrons. The lowest BCUT2D eigenvalue weighted by Gasteiger charge is -2.31. The molecular weight excluding hydrogens is 905 g/mol. The van der Waals surface area contributed by atoms with Crippen molar-refractivity contribution in [3.63, 3.8) is 0 Å². The highest BCUT2D eigenvalue weighted by molar-refractivity contribution is 5.96. The number of benzene rings is 6. The standard InChI is InChI=1S/C58H60N8O6/c1-30(2)52(64-57(69)71-5)55(67)63-46-27-42(46)17-20-51-59-44-18-15-40(25-47(44)60-51)38-13-11-34-21-32(7-9-36(34)23-38)33-8-10-37-24-39(14-12-35(37)22-33)41-16-19-45-48(26-41)62-54(61-45)50-29-43-28-49(43)66(50)56(68)53(31(3)4)65-58(70)72-6/h7-16,18-19,21-26,30-31,42-43,46,49-50,52-53H,17,20,27-29H2,1-6H3,(H,59,60)(H,61,62)(H,63,67)(H,64,69)(H,65,70)/t42-,43+,46+,49+,50-,52-,53-/m0/s1. The summed E-state index contributed by atoms with van der Waals surface area (Å²) in [5, 5.41) is 13.2. The molecule has 8 aromatic rings. The fourth-order valence-electron chi connectivity index (χ4n) is 10.9. The Kier molecular flexibility index (Phi) is 12.2. The number of ether oxygens (including phenoxy) is 2. The van der Waals surface area contributed by atoms with E-state index < -0.39 is 24.3 Å². The van der Waals surface area contributed by atoms with Crippen LogP contribution in [0.1, 0.15) is 71.1 Å². The predicted octanol–water partition coefficient (Wildman–Crippen LogP) is 10.6. The first-order chi connectivity index (χ1) is 34.8. The number of nitrogens with zero attached hydrogens (tertiary/aromatic N) is 3. The summed E-state index contributed by atoms with van der Waals surface area (Å²) in [4.78, 5) is 69.7. The maximum atomic E-state index is 13.9. The highest BCUT2D eigenvalue weighted by atomic mass is 16.5. The Labute approximate surface area is 417 Å². The number of fused-ring (bicyclic) bond motifs is 5. The molecule has 14 heteroatoms. The van der Waals surface area contributed by atoms with Crippen LogP contribution in [0.4, 0.5) is 9.59 Å². The Bertz CT molecular complexity index is 3430. The van der Waals surface area contributed by atoms with E-state index in [2.05, 4.69) is 129 Å². The summed E-state index contributed by atoms with van der Waals surface area (Å²) in [7, 11) is 2.61. The Hall–Kier alpha value is -7.74. The van der Waals surface area contributed by atoms with Gasteiger partial charge in [0.25, 0.3) is 0 Å². The predicted molar refractivity (Wildman–Crippen MR) is 280 cm³/mol. The van der Waals surface area contributed by atoms with E-state index >= 15 is 0 Å². The minimum Gasteiger partial charge on any atom is -0.453 e. The van der Waals surface area contributed by atoms with Crippen LogP contribution in [0.25, 0.3) is 77.0 Å². The van der Waals surface area contributed by atoms with E-state index in [4.69, 9.17) is 19.4 Å². The number of piperidine rings is 1. The number of rotatable bonds is 14. The molecule has 2 aliphatic carbocycles. The van der Waals surface area contributed by atoms with Crippen molar-refractivity contribution in [2.24, 2.45) is 23.7 Å². The van der Waals surface area contributed by atoms with Crippen LogP contribution in [-0.2, 0) is 25.5 Å². The fraction of sp³-hybridized carbons (Fsp3) is 0.345. The summed E-state index contributed by atoms with van der Waals surface area (Å²) in [6, 6.07) is 38.0. The molecule has 3 heterocycles. The van der Waals surface area contributed by atoms with Crippen LogP contribution in [0.3, 0.4) is 0 Å². The Morgan fingerprint density at radius 3 is 1.62 bits per heavy atom. The van der Waals surface area contributed by atoms with Gasteiger partial charge in [-0.2, -0.15) is 0 Å². The second kappa shape index (κ2) is 18.8. The average molecular weight is 965 g/mol. The van der Waals surface area contributed by atoms with Crippen LogP contribution in [0.2, 0.25) is 0 Å². The lowest BCUT2D eigenvalue weighted by atomic mass is 9.95. The maximum absolute atomic E-state index is 13.9. The summed E-state index contributed by atoms with van der Waals surface area (Å²) in [5.74, 6) is 2.10. The molecule has 2 aromatic heterocycles. The number of aromatic amines is 2. The SMILES string of the molecule is COC(=O)N[C@H](C(=O)N[C@@H]1C[C@@H]1CCc1nc2ccc(-c3ccc4cc(-c5ccc6cc(-c7ccc8nc([C@@H]9C[C@H]%10C[C@H]%10N9C(=O)[C@@H](NC(=O)OC)C(C)C)[nH]c8c7)ccc6c5)ccc4c3)cc2[nH]1)C(C)C. The van der Waals surface area contributed by atoms with Gasteiger partial charge in [-0.05, 0) is 153 Å². The zero-order valence-electron chi connectivity index (χ0n) is 41.4. The first kappa shape index (κ1) is 46.6. The van der Waals surface area contributed by atoms with Crippen molar-refractivity contribution >= 4 is 67.6 Å². The van der Waals surface area contributed by atoms with Gasteiger partial charge >= 0.3 is 12.2 Å². The molecule has 6 aromatic carbocycles. The zero-order chi connectivity index (χ0) is 49.9. The third-order valence-corrected chi connectivity index (χ3v) is 15.2. The molecule has 4 amide bonds. The number of methoxy groups -OCH3 is 2. The van der Waals surface area contributed by atoms with Gasteiger partial charge in [0.2, 0.25) is 11.8 Å². The van der Waals surface area contributed by atoms with E-state index in [9.17, 15) is 19.2 Å². The number of imidazole rings is 2. The topological polar surface area (TPSA) is 183 Å². The highest BCUT2D eigenvalue weighted by Gasteiger charge is 2.56. The first-order valence-electron chi connectivity index (χ1n) is 25.2. The third-order valence-electron chi connectivity index (χ3n) is 15.2. The third kappa shape index (κ3) is 9.21. The number of nitrogens with one attached hydrogen (secondary N) is 5. The van der Waals surface area contributed by atoms with Gasteiger partial charge in [-0.1, -0.05) is 88.4 Å². The molecule has 0 bridgehead atoms. The molecule has 7 atom stereocenters. The number of aromatic nitrogens is 4. The van der Waals surface area contributed by atoms with Gasteiger partial charge in [-0.25, -0.2) is 19.6 Å². The smallest absolute Gasteiger partial charge is 0.407 e. The summed E-state index contributed by atoms with van der Waals surface area (Å²) < 4.78 is 9.54. The van der Waals surface area contributed by atoms with Crippen molar-refractivity contribution < 1.29 is 28.7 Å². The summed E-state index contributed by atoms with van der Waals surface area (Å²) in [6.45, 7) is 7.66. The summed E-state index contributed by atoms with van der Waals surface area (Å²) in [5.41, 5.74) is 10.4. The molecule has 2 saturated carbocycles. The molecule has 0 unspecified atom stereocenters. The number of hydrogen-bond acceptors (Lipinski definition) is 8. The van der Waals surface area contributed by atoms with Gasteiger partial charge in [0.05, 0.1) is 42.3 Å². The van der Waals surface area contributed by atoms with Gasteiger partial charge in [0, 0.05) is 18.5 Å². The Morgan fingerprint density at radius 1 is 0.611 bits per heavy atom. The van der Waals surface area contributed by atoms with Crippen molar-refractivity contribution in [1.29, 1.82) is 0 Å². The van der Waals surface area contributed by atoms with E-state index in [0.717, 1.165) is 110 Å². The molecule has 14 nitrogen and oxygen atoms in total. The van der Waals surface area contributed by atoms with Crippen LogP contribution in [-0.4, -0.2) is 87.2 Å². The van der Waals surface area contributed by atoms with Crippen molar-refractivity contribution in [3.05, 3.63) is 121 Å².